The maximum absolute atomic E-state index is 12.9. The van der Waals surface area contributed by atoms with Gasteiger partial charge in [-0.05, 0) is 36.6 Å². The molecule has 0 radical (unpaired) electrons. The molecule has 1 aromatic heterocycles. The normalized spacial score (nSPS) is 15.4. The van der Waals surface area contributed by atoms with Gasteiger partial charge in [-0.15, -0.1) is 0 Å². The Morgan fingerprint density at radius 1 is 1.20 bits per heavy atom. The fourth-order valence-electron chi connectivity index (χ4n) is 2.11. The maximum atomic E-state index is 12.9. The lowest BCUT2D eigenvalue weighted by Gasteiger charge is -2.18. The van der Waals surface area contributed by atoms with Gasteiger partial charge >= 0.3 is 6.03 Å². The van der Waals surface area contributed by atoms with Crippen LogP contribution in [0.4, 0.5) is 15.0 Å². The van der Waals surface area contributed by atoms with Crippen LogP contribution in [0.25, 0.3) is 0 Å². The second-order valence-corrected chi connectivity index (χ2v) is 4.76. The Bertz CT molecular complexity index is 611. The molecule has 2 amide bonds. The molecule has 1 aliphatic rings. The second kappa shape index (κ2) is 4.88. The van der Waals surface area contributed by atoms with Crippen LogP contribution >= 0.6 is 0 Å². The zero-order valence-corrected chi connectivity index (χ0v) is 10.6. The van der Waals surface area contributed by atoms with Crippen LogP contribution in [0, 0.1) is 5.82 Å². The van der Waals surface area contributed by atoms with E-state index in [4.69, 9.17) is 0 Å². The Labute approximate surface area is 115 Å². The van der Waals surface area contributed by atoms with Crippen molar-refractivity contribution in [2.75, 3.05) is 5.32 Å². The number of aromatic nitrogens is 2. The predicted octanol–water partition coefficient (Wildman–Crippen LogP) is 2.43. The van der Waals surface area contributed by atoms with Crippen molar-refractivity contribution in [1.82, 2.24) is 15.3 Å². The molecule has 102 valence electrons. The Hall–Kier alpha value is -2.50. The fourth-order valence-corrected chi connectivity index (χ4v) is 2.11. The molecule has 6 heteroatoms. The van der Waals surface area contributed by atoms with Crippen LogP contribution in [0.2, 0.25) is 0 Å². The number of halogens is 1. The largest absolute Gasteiger partial charge is 0.328 e. The molecule has 3 rings (SSSR count). The van der Waals surface area contributed by atoms with Gasteiger partial charge in [-0.3, -0.25) is 5.32 Å². The van der Waals surface area contributed by atoms with Crippen LogP contribution in [-0.4, -0.2) is 16.0 Å². The summed E-state index contributed by atoms with van der Waals surface area (Å²) in [6.07, 6.45) is 4.60. The molecule has 2 N–H and O–H groups in total. The zero-order valence-electron chi connectivity index (χ0n) is 10.6. The number of rotatable bonds is 3. The van der Waals surface area contributed by atoms with E-state index in [0.29, 0.717) is 5.82 Å². The first-order chi connectivity index (χ1) is 9.68. The highest BCUT2D eigenvalue weighted by Gasteiger charge is 2.45. The number of hydrogen-bond donors (Lipinski definition) is 2. The Kier molecular flexibility index (Phi) is 3.06. The molecule has 2 aromatic rings. The van der Waals surface area contributed by atoms with Crippen molar-refractivity contribution in [1.29, 1.82) is 0 Å². The summed E-state index contributed by atoms with van der Waals surface area (Å²) in [7, 11) is 0. The standard InChI is InChI=1S/C14H13FN4O/c15-11-3-1-10(2-4-11)14(6-7-14)19-13(20)18-12-5-8-16-9-17-12/h1-5,8-9H,6-7H2,(H2,16,17,18,19,20). The molecule has 1 heterocycles. The molecule has 1 aromatic carbocycles. The first-order valence-electron chi connectivity index (χ1n) is 6.29. The summed E-state index contributed by atoms with van der Waals surface area (Å²) in [4.78, 5) is 19.6. The Morgan fingerprint density at radius 2 is 1.95 bits per heavy atom. The van der Waals surface area contributed by atoms with Crippen LogP contribution in [0.15, 0.2) is 42.9 Å². The number of nitrogens with one attached hydrogen (secondary N) is 2. The van der Waals surface area contributed by atoms with Gasteiger partial charge in [0.2, 0.25) is 0 Å². The predicted molar refractivity (Wildman–Crippen MR) is 71.5 cm³/mol. The molecular formula is C14H13FN4O. The van der Waals surface area contributed by atoms with Gasteiger partial charge in [0.05, 0.1) is 5.54 Å². The third-order valence-corrected chi connectivity index (χ3v) is 3.32. The van der Waals surface area contributed by atoms with E-state index in [9.17, 15) is 9.18 Å². The smallest absolute Gasteiger partial charge is 0.321 e. The SMILES string of the molecule is O=C(Nc1ccncn1)NC1(c2ccc(F)cc2)CC1. The van der Waals surface area contributed by atoms with Gasteiger partial charge in [0.25, 0.3) is 0 Å². The van der Waals surface area contributed by atoms with Crippen molar-refractivity contribution in [3.63, 3.8) is 0 Å². The van der Waals surface area contributed by atoms with Gasteiger partial charge in [0.15, 0.2) is 0 Å². The van der Waals surface area contributed by atoms with Gasteiger partial charge in [-0.25, -0.2) is 19.2 Å². The van der Waals surface area contributed by atoms with Gasteiger partial charge in [-0.2, -0.15) is 0 Å². The van der Waals surface area contributed by atoms with Gasteiger partial charge < -0.3 is 5.32 Å². The van der Waals surface area contributed by atoms with E-state index in [2.05, 4.69) is 20.6 Å². The number of amides is 2. The molecule has 1 fully saturated rings. The van der Waals surface area contributed by atoms with E-state index in [1.54, 1.807) is 24.4 Å². The zero-order chi connectivity index (χ0) is 14.0. The second-order valence-electron chi connectivity index (χ2n) is 4.76. The van der Waals surface area contributed by atoms with Crippen molar-refractivity contribution in [2.24, 2.45) is 0 Å². The minimum atomic E-state index is -0.384. The molecule has 0 aliphatic heterocycles. The average molecular weight is 272 g/mol. The van der Waals surface area contributed by atoms with Crippen molar-refractivity contribution in [2.45, 2.75) is 18.4 Å². The van der Waals surface area contributed by atoms with Gasteiger partial charge in [-0.1, -0.05) is 12.1 Å². The highest BCUT2D eigenvalue weighted by molar-refractivity contribution is 5.89. The molecule has 20 heavy (non-hydrogen) atoms. The number of carbonyl (C=O) groups excluding carboxylic acids is 1. The van der Waals surface area contributed by atoms with Crippen LogP contribution in [-0.2, 0) is 5.54 Å². The molecule has 0 unspecified atom stereocenters. The average Bonchev–Trinajstić information content (AvgIpc) is 3.21. The summed E-state index contributed by atoms with van der Waals surface area (Å²) in [5.74, 6) is 0.155. The third kappa shape index (κ3) is 2.59. The van der Waals surface area contributed by atoms with E-state index >= 15 is 0 Å². The van der Waals surface area contributed by atoms with Gasteiger partial charge in [0.1, 0.15) is 18.0 Å². The van der Waals surface area contributed by atoms with E-state index in [-0.39, 0.29) is 17.4 Å². The number of hydrogen-bond acceptors (Lipinski definition) is 3. The van der Waals surface area contributed by atoms with Crippen LogP contribution in [0.5, 0.6) is 0 Å². The first-order valence-corrected chi connectivity index (χ1v) is 6.29. The van der Waals surface area contributed by atoms with Crippen LogP contribution < -0.4 is 10.6 Å². The summed E-state index contributed by atoms with van der Waals surface area (Å²) >= 11 is 0. The summed E-state index contributed by atoms with van der Waals surface area (Å²) in [6.45, 7) is 0. The fraction of sp³-hybridized carbons (Fsp3) is 0.214. The number of carbonyl (C=O) groups is 1. The monoisotopic (exact) mass is 272 g/mol. The molecule has 0 atom stereocenters. The van der Waals surface area contributed by atoms with Crippen LogP contribution in [0.1, 0.15) is 18.4 Å². The van der Waals surface area contributed by atoms with E-state index in [1.165, 1.54) is 18.5 Å². The van der Waals surface area contributed by atoms with Crippen molar-refractivity contribution < 1.29 is 9.18 Å². The van der Waals surface area contributed by atoms with Crippen molar-refractivity contribution >= 4 is 11.8 Å². The highest BCUT2D eigenvalue weighted by atomic mass is 19.1. The molecule has 0 spiro atoms. The van der Waals surface area contributed by atoms with E-state index < -0.39 is 0 Å². The Morgan fingerprint density at radius 3 is 2.55 bits per heavy atom. The first kappa shape index (κ1) is 12.5. The molecule has 0 saturated heterocycles. The summed E-state index contributed by atoms with van der Waals surface area (Å²) in [5, 5.41) is 5.56. The minimum absolute atomic E-state index is 0.282. The van der Waals surface area contributed by atoms with Crippen molar-refractivity contribution in [3.8, 4) is 0 Å². The molecule has 1 aliphatic carbocycles. The minimum Gasteiger partial charge on any atom is -0.328 e. The van der Waals surface area contributed by atoms with Crippen molar-refractivity contribution in [3.05, 3.63) is 54.2 Å². The number of urea groups is 1. The summed E-state index contributed by atoms with van der Waals surface area (Å²) in [6, 6.07) is 7.49. The highest BCUT2D eigenvalue weighted by Crippen LogP contribution is 2.45. The lowest BCUT2D eigenvalue weighted by atomic mass is 10.1. The number of anilines is 1. The molecule has 5 nitrogen and oxygen atoms in total. The molecule has 0 bridgehead atoms. The van der Waals surface area contributed by atoms with E-state index in [1.807, 2.05) is 0 Å². The summed E-state index contributed by atoms with van der Waals surface area (Å²) < 4.78 is 12.9. The Balaban J connectivity index is 1.68. The number of benzene rings is 1. The lowest BCUT2D eigenvalue weighted by Crippen LogP contribution is -2.38. The quantitative estimate of drug-likeness (QED) is 0.901. The third-order valence-electron chi connectivity index (χ3n) is 3.32. The number of nitrogens with zero attached hydrogens (tertiary/aromatic N) is 2. The molecular weight excluding hydrogens is 259 g/mol. The lowest BCUT2D eigenvalue weighted by molar-refractivity contribution is 0.247. The van der Waals surface area contributed by atoms with Crippen LogP contribution in [0.3, 0.4) is 0 Å². The summed E-state index contributed by atoms with van der Waals surface area (Å²) in [5.41, 5.74) is 0.530. The molecule has 1 saturated carbocycles. The topological polar surface area (TPSA) is 66.9 Å². The van der Waals surface area contributed by atoms with Gasteiger partial charge in [0, 0.05) is 6.20 Å². The van der Waals surface area contributed by atoms with E-state index in [0.717, 1.165) is 18.4 Å². The maximum Gasteiger partial charge on any atom is 0.321 e.